The highest BCUT2D eigenvalue weighted by atomic mass is 16.5. The Morgan fingerprint density at radius 2 is 2.00 bits per heavy atom. The third-order valence-electron chi connectivity index (χ3n) is 4.08. The molecule has 0 aliphatic carbocycles. The third-order valence-corrected chi connectivity index (χ3v) is 4.08. The molecule has 0 aromatic heterocycles. The molecular formula is C18H26N2O2. The van der Waals surface area contributed by atoms with Crippen molar-refractivity contribution in [1.82, 2.24) is 9.80 Å². The maximum atomic E-state index is 12.7. The Morgan fingerprint density at radius 3 is 2.59 bits per heavy atom. The fourth-order valence-electron chi connectivity index (χ4n) is 2.69. The molecule has 22 heavy (non-hydrogen) atoms. The van der Waals surface area contributed by atoms with E-state index in [1.165, 1.54) is 0 Å². The van der Waals surface area contributed by atoms with Gasteiger partial charge in [-0.25, -0.2) is 0 Å². The molecule has 1 aromatic rings. The number of carbonyl (C=O) groups excluding carboxylic acids is 1. The van der Waals surface area contributed by atoms with E-state index < -0.39 is 6.10 Å². The van der Waals surface area contributed by atoms with E-state index in [-0.39, 0.29) is 5.91 Å². The van der Waals surface area contributed by atoms with Crippen LogP contribution < -0.4 is 4.74 Å². The van der Waals surface area contributed by atoms with Gasteiger partial charge in [-0.2, -0.15) is 0 Å². The minimum Gasteiger partial charge on any atom is -0.480 e. The van der Waals surface area contributed by atoms with E-state index in [4.69, 9.17) is 4.74 Å². The second-order valence-electron chi connectivity index (χ2n) is 5.69. The maximum absolute atomic E-state index is 12.7. The summed E-state index contributed by atoms with van der Waals surface area (Å²) in [6, 6.07) is 7.84. The molecule has 0 radical (unpaired) electrons. The first-order valence-electron chi connectivity index (χ1n) is 8.00. The van der Waals surface area contributed by atoms with Crippen molar-refractivity contribution in [3.8, 4) is 5.75 Å². The summed E-state index contributed by atoms with van der Waals surface area (Å²) in [4.78, 5) is 16.9. The van der Waals surface area contributed by atoms with E-state index in [0.717, 1.165) is 44.0 Å². The van der Waals surface area contributed by atoms with Crippen LogP contribution in [0.15, 0.2) is 36.9 Å². The number of benzene rings is 1. The van der Waals surface area contributed by atoms with Gasteiger partial charge in [-0.05, 0) is 25.0 Å². The summed E-state index contributed by atoms with van der Waals surface area (Å²) in [5, 5.41) is 0. The Hall–Kier alpha value is -1.81. The van der Waals surface area contributed by atoms with E-state index >= 15 is 0 Å². The number of aryl methyl sites for hydroxylation is 1. The molecule has 0 bridgehead atoms. The van der Waals surface area contributed by atoms with Gasteiger partial charge in [0.25, 0.3) is 5.91 Å². The van der Waals surface area contributed by atoms with E-state index in [2.05, 4.69) is 11.5 Å². The molecule has 0 N–H and O–H groups in total. The number of para-hydroxylation sites is 1. The molecule has 4 nitrogen and oxygen atoms in total. The number of carbonyl (C=O) groups is 1. The van der Waals surface area contributed by atoms with Gasteiger partial charge in [0.05, 0.1) is 0 Å². The lowest BCUT2D eigenvalue weighted by Crippen LogP contribution is -2.52. The molecule has 4 heteroatoms. The summed E-state index contributed by atoms with van der Waals surface area (Å²) < 4.78 is 5.96. The minimum absolute atomic E-state index is 0.101. The van der Waals surface area contributed by atoms with Crippen molar-refractivity contribution in [3.05, 3.63) is 42.5 Å². The molecule has 1 aliphatic rings. The van der Waals surface area contributed by atoms with Gasteiger partial charge < -0.3 is 9.64 Å². The Bertz CT molecular complexity index is 508. The van der Waals surface area contributed by atoms with Crippen molar-refractivity contribution in [1.29, 1.82) is 0 Å². The molecule has 1 fully saturated rings. The number of hydrogen-bond donors (Lipinski definition) is 0. The van der Waals surface area contributed by atoms with Crippen molar-refractivity contribution in [2.45, 2.75) is 26.4 Å². The summed E-state index contributed by atoms with van der Waals surface area (Å²) >= 11 is 0. The molecule has 1 atom stereocenters. The lowest BCUT2D eigenvalue weighted by Gasteiger charge is -2.35. The monoisotopic (exact) mass is 302 g/mol. The molecule has 0 saturated carbocycles. The van der Waals surface area contributed by atoms with Gasteiger partial charge in [-0.15, -0.1) is 6.58 Å². The number of rotatable bonds is 6. The van der Waals surface area contributed by atoms with Crippen LogP contribution in [0.5, 0.6) is 5.75 Å². The highest BCUT2D eigenvalue weighted by Crippen LogP contribution is 2.20. The summed E-state index contributed by atoms with van der Waals surface area (Å²) in [6.07, 6.45) is 2.19. The van der Waals surface area contributed by atoms with Crippen LogP contribution in [0.3, 0.4) is 0 Å². The average molecular weight is 302 g/mol. The van der Waals surface area contributed by atoms with E-state index in [1.807, 2.05) is 49.1 Å². The molecule has 1 amide bonds. The minimum atomic E-state index is -0.396. The number of nitrogens with zero attached hydrogens (tertiary/aromatic N) is 2. The standard InChI is InChI=1S/C18H26N2O2/c1-4-10-19-11-13-20(14-12-19)18(21)16(5-2)22-17-9-7-6-8-15(17)3/h4,6-9,16H,1,5,10-14H2,2-3H3/t16-/m1/s1. The molecule has 1 heterocycles. The highest BCUT2D eigenvalue weighted by Gasteiger charge is 2.27. The first-order chi connectivity index (χ1) is 10.7. The van der Waals surface area contributed by atoms with E-state index in [1.54, 1.807) is 0 Å². The van der Waals surface area contributed by atoms with Crippen molar-refractivity contribution in [3.63, 3.8) is 0 Å². The van der Waals surface area contributed by atoms with Crippen LogP contribution >= 0.6 is 0 Å². The molecule has 1 saturated heterocycles. The summed E-state index contributed by atoms with van der Waals surface area (Å²) in [7, 11) is 0. The van der Waals surface area contributed by atoms with Gasteiger partial charge in [-0.1, -0.05) is 31.2 Å². The maximum Gasteiger partial charge on any atom is 0.263 e. The molecule has 0 spiro atoms. The first-order valence-corrected chi connectivity index (χ1v) is 8.00. The highest BCUT2D eigenvalue weighted by molar-refractivity contribution is 5.81. The second-order valence-corrected chi connectivity index (χ2v) is 5.69. The number of ether oxygens (including phenoxy) is 1. The number of amides is 1. The number of piperazine rings is 1. The van der Waals surface area contributed by atoms with Crippen LogP contribution in [0.2, 0.25) is 0 Å². The van der Waals surface area contributed by atoms with Crippen LogP contribution in [-0.2, 0) is 4.79 Å². The lowest BCUT2D eigenvalue weighted by molar-refractivity contribution is -0.140. The smallest absolute Gasteiger partial charge is 0.263 e. The average Bonchev–Trinajstić information content (AvgIpc) is 2.54. The quantitative estimate of drug-likeness (QED) is 0.757. The van der Waals surface area contributed by atoms with Crippen LogP contribution in [0.4, 0.5) is 0 Å². The van der Waals surface area contributed by atoms with Crippen molar-refractivity contribution < 1.29 is 9.53 Å². The lowest BCUT2D eigenvalue weighted by atomic mass is 10.2. The Labute approximate surface area is 133 Å². The van der Waals surface area contributed by atoms with E-state index in [9.17, 15) is 4.79 Å². The van der Waals surface area contributed by atoms with Crippen LogP contribution in [0.25, 0.3) is 0 Å². The van der Waals surface area contributed by atoms with Gasteiger partial charge in [0.2, 0.25) is 0 Å². The van der Waals surface area contributed by atoms with Crippen molar-refractivity contribution in [2.24, 2.45) is 0 Å². The molecule has 120 valence electrons. The Balaban J connectivity index is 1.95. The normalized spacial score (nSPS) is 17.1. The van der Waals surface area contributed by atoms with Gasteiger partial charge >= 0.3 is 0 Å². The predicted octanol–water partition coefficient (Wildman–Crippen LogP) is 2.48. The topological polar surface area (TPSA) is 32.8 Å². The SMILES string of the molecule is C=CCN1CCN(C(=O)[C@@H](CC)Oc2ccccc2C)CC1. The van der Waals surface area contributed by atoms with Crippen LogP contribution in [0.1, 0.15) is 18.9 Å². The van der Waals surface area contributed by atoms with E-state index in [0.29, 0.717) is 6.42 Å². The summed E-state index contributed by atoms with van der Waals surface area (Å²) in [6.45, 7) is 12.0. The van der Waals surface area contributed by atoms with Gasteiger partial charge in [0.15, 0.2) is 6.10 Å². The second kappa shape index (κ2) is 7.99. The molecule has 1 aromatic carbocycles. The van der Waals surface area contributed by atoms with Crippen LogP contribution in [0, 0.1) is 6.92 Å². The molecular weight excluding hydrogens is 276 g/mol. The number of hydrogen-bond acceptors (Lipinski definition) is 3. The Kier molecular flexibility index (Phi) is 6.01. The fraction of sp³-hybridized carbons (Fsp3) is 0.500. The largest absolute Gasteiger partial charge is 0.480 e. The van der Waals surface area contributed by atoms with Gasteiger partial charge in [0.1, 0.15) is 5.75 Å². The first kappa shape index (κ1) is 16.6. The zero-order valence-electron chi connectivity index (χ0n) is 13.6. The fourth-order valence-corrected chi connectivity index (χ4v) is 2.69. The van der Waals surface area contributed by atoms with Crippen LogP contribution in [-0.4, -0.2) is 54.5 Å². The van der Waals surface area contributed by atoms with Crippen molar-refractivity contribution >= 4 is 5.91 Å². The third kappa shape index (κ3) is 4.10. The summed E-state index contributed by atoms with van der Waals surface area (Å²) in [5.74, 6) is 0.900. The Morgan fingerprint density at radius 1 is 1.32 bits per heavy atom. The molecule has 2 rings (SSSR count). The predicted molar refractivity (Wildman–Crippen MR) is 89.1 cm³/mol. The van der Waals surface area contributed by atoms with Crippen molar-refractivity contribution in [2.75, 3.05) is 32.7 Å². The van der Waals surface area contributed by atoms with Gasteiger partial charge in [-0.3, -0.25) is 9.69 Å². The zero-order chi connectivity index (χ0) is 15.9. The summed E-state index contributed by atoms with van der Waals surface area (Å²) in [5.41, 5.74) is 1.06. The zero-order valence-corrected chi connectivity index (χ0v) is 13.6. The van der Waals surface area contributed by atoms with Gasteiger partial charge in [0, 0.05) is 32.7 Å². The molecule has 1 aliphatic heterocycles. The molecule has 0 unspecified atom stereocenters.